The summed E-state index contributed by atoms with van der Waals surface area (Å²) < 4.78 is 55.6. The fourth-order valence-electron chi connectivity index (χ4n) is 2.51. The predicted octanol–water partition coefficient (Wildman–Crippen LogP) is 0.778. The molecule has 2 heterocycles. The second-order valence-electron chi connectivity index (χ2n) is 5.48. The normalized spacial score (nSPS) is 35.7. The van der Waals surface area contributed by atoms with Crippen molar-refractivity contribution in [3.63, 3.8) is 0 Å². The summed E-state index contributed by atoms with van der Waals surface area (Å²) in [6, 6.07) is 0. The standard InChI is InChI=1S/C13H19ClF2N3O6P/c1-23-26(22,24-2)7(15)5-13(6-14)10(20)9(16)11(25-13)19-4-3-8(17)18-12(19)21/h3-5,9-12,20-21H,6H2,1-2H3,(H2,17,18)/b7-5-/t9-,10+,11-,12?,13+/m1/s1. The van der Waals surface area contributed by atoms with Crippen molar-refractivity contribution in [2.45, 2.75) is 30.5 Å². The third kappa shape index (κ3) is 3.65. The molecule has 1 fully saturated rings. The first-order valence-corrected chi connectivity index (χ1v) is 9.35. The van der Waals surface area contributed by atoms with Crippen molar-refractivity contribution in [1.29, 1.82) is 0 Å². The van der Waals surface area contributed by atoms with E-state index >= 15 is 0 Å². The fraction of sp³-hybridized carbons (Fsp3) is 0.615. The van der Waals surface area contributed by atoms with Gasteiger partial charge in [0.25, 0.3) is 0 Å². The molecule has 0 aromatic carbocycles. The van der Waals surface area contributed by atoms with Gasteiger partial charge in [-0.2, -0.15) is 4.39 Å². The molecule has 26 heavy (non-hydrogen) atoms. The van der Waals surface area contributed by atoms with Gasteiger partial charge in [0.1, 0.15) is 17.5 Å². The number of nitrogens with two attached hydrogens (primary N) is 1. The lowest BCUT2D eigenvalue weighted by Gasteiger charge is -2.33. The smallest absolute Gasteiger partial charge is 0.386 e. The molecule has 2 aliphatic rings. The van der Waals surface area contributed by atoms with Crippen LogP contribution in [0.2, 0.25) is 0 Å². The van der Waals surface area contributed by atoms with Crippen molar-refractivity contribution >= 4 is 25.0 Å². The van der Waals surface area contributed by atoms with E-state index in [-0.39, 0.29) is 5.84 Å². The van der Waals surface area contributed by atoms with Crippen LogP contribution >= 0.6 is 19.2 Å². The maximum absolute atomic E-state index is 14.6. The number of aliphatic hydroxyl groups excluding tert-OH is 2. The van der Waals surface area contributed by atoms with Crippen molar-refractivity contribution in [2.24, 2.45) is 10.7 Å². The van der Waals surface area contributed by atoms with Gasteiger partial charge >= 0.3 is 7.60 Å². The van der Waals surface area contributed by atoms with E-state index in [1.807, 2.05) is 0 Å². The quantitative estimate of drug-likeness (QED) is 0.427. The lowest BCUT2D eigenvalue weighted by molar-refractivity contribution is -0.128. The largest absolute Gasteiger partial charge is 0.388 e. The molecule has 5 atom stereocenters. The first-order valence-electron chi connectivity index (χ1n) is 7.27. The number of nitrogens with zero attached hydrogens (tertiary/aromatic N) is 2. The van der Waals surface area contributed by atoms with Gasteiger partial charge in [-0.05, 0) is 12.2 Å². The van der Waals surface area contributed by atoms with Gasteiger partial charge in [-0.3, -0.25) is 4.57 Å². The zero-order valence-electron chi connectivity index (χ0n) is 13.8. The van der Waals surface area contributed by atoms with E-state index in [0.717, 1.165) is 19.1 Å². The van der Waals surface area contributed by atoms with Crippen LogP contribution in [0.1, 0.15) is 0 Å². The SMILES string of the molecule is COP(=O)(OC)/C(F)=C\[C@@]1(CCl)O[C@@H](N2C=CC(N)=NC2O)[C@H](F)[C@@H]1O. The van der Waals surface area contributed by atoms with Crippen LogP contribution in [0.15, 0.2) is 28.9 Å². The Morgan fingerprint density at radius 1 is 1.58 bits per heavy atom. The molecule has 0 radical (unpaired) electrons. The number of aliphatic hydroxyl groups is 2. The van der Waals surface area contributed by atoms with Crippen molar-refractivity contribution in [1.82, 2.24) is 4.90 Å². The van der Waals surface area contributed by atoms with Crippen molar-refractivity contribution in [3.05, 3.63) is 23.9 Å². The molecule has 148 valence electrons. The van der Waals surface area contributed by atoms with Gasteiger partial charge in [0, 0.05) is 20.4 Å². The van der Waals surface area contributed by atoms with Crippen LogP contribution in [-0.2, 0) is 18.3 Å². The van der Waals surface area contributed by atoms with E-state index in [2.05, 4.69) is 14.0 Å². The van der Waals surface area contributed by atoms with Crippen LogP contribution < -0.4 is 5.73 Å². The molecule has 2 aliphatic heterocycles. The summed E-state index contributed by atoms with van der Waals surface area (Å²) in [5.41, 5.74) is 1.92. The van der Waals surface area contributed by atoms with Crippen LogP contribution in [0.4, 0.5) is 8.78 Å². The molecule has 2 rings (SSSR count). The molecule has 1 unspecified atom stereocenters. The minimum atomic E-state index is -4.29. The van der Waals surface area contributed by atoms with Crippen LogP contribution in [-0.4, -0.2) is 71.5 Å². The predicted molar refractivity (Wildman–Crippen MR) is 88.7 cm³/mol. The number of hydrogen-bond acceptors (Lipinski definition) is 9. The van der Waals surface area contributed by atoms with Crippen molar-refractivity contribution < 1.29 is 37.3 Å². The number of amidine groups is 1. The molecule has 13 heteroatoms. The van der Waals surface area contributed by atoms with Crippen LogP contribution in [0.25, 0.3) is 0 Å². The van der Waals surface area contributed by atoms with E-state index in [1.165, 1.54) is 12.3 Å². The van der Waals surface area contributed by atoms with E-state index in [0.29, 0.717) is 6.08 Å². The highest BCUT2D eigenvalue weighted by molar-refractivity contribution is 7.58. The zero-order chi connectivity index (χ0) is 19.7. The van der Waals surface area contributed by atoms with E-state index in [9.17, 15) is 23.6 Å². The highest BCUT2D eigenvalue weighted by Crippen LogP contribution is 2.56. The Morgan fingerprint density at radius 2 is 2.19 bits per heavy atom. The maximum Gasteiger partial charge on any atom is 0.388 e. The number of alkyl halides is 2. The number of aliphatic imine (C=N–C) groups is 1. The highest BCUT2D eigenvalue weighted by Gasteiger charge is 2.57. The first-order chi connectivity index (χ1) is 12.1. The maximum atomic E-state index is 14.6. The second kappa shape index (κ2) is 7.89. The summed E-state index contributed by atoms with van der Waals surface area (Å²) in [5.74, 6) is -0.594. The summed E-state index contributed by atoms with van der Waals surface area (Å²) in [6.07, 6.45) is -4.17. The van der Waals surface area contributed by atoms with Crippen molar-refractivity contribution in [3.8, 4) is 0 Å². The van der Waals surface area contributed by atoms with Crippen LogP contribution in [0.5, 0.6) is 0 Å². The molecule has 0 aromatic rings. The van der Waals surface area contributed by atoms with E-state index in [1.54, 1.807) is 0 Å². The fourth-order valence-corrected chi connectivity index (χ4v) is 3.68. The molecule has 0 aromatic heterocycles. The Balaban J connectivity index is 2.36. The Labute approximate surface area is 153 Å². The lowest BCUT2D eigenvalue weighted by atomic mass is 9.98. The van der Waals surface area contributed by atoms with Gasteiger partial charge in [0.15, 0.2) is 12.4 Å². The van der Waals surface area contributed by atoms with Gasteiger partial charge in [-0.25, -0.2) is 9.38 Å². The number of ether oxygens (including phenoxy) is 1. The molecule has 0 spiro atoms. The molecule has 0 aliphatic carbocycles. The molecule has 0 bridgehead atoms. The summed E-state index contributed by atoms with van der Waals surface area (Å²) in [7, 11) is -2.39. The highest BCUT2D eigenvalue weighted by atomic mass is 35.5. The minimum Gasteiger partial charge on any atom is -0.386 e. The number of halogens is 3. The minimum absolute atomic E-state index is 0.00150. The number of hydrogen-bond donors (Lipinski definition) is 3. The van der Waals surface area contributed by atoms with Gasteiger partial charge in [0.2, 0.25) is 11.9 Å². The van der Waals surface area contributed by atoms with Gasteiger partial charge in [-0.15, -0.1) is 11.6 Å². The molecular formula is C13H19ClF2N3O6P. The zero-order valence-corrected chi connectivity index (χ0v) is 15.5. The van der Waals surface area contributed by atoms with Crippen LogP contribution in [0.3, 0.4) is 0 Å². The van der Waals surface area contributed by atoms with Gasteiger partial charge in [0.05, 0.1) is 5.88 Å². The van der Waals surface area contributed by atoms with Gasteiger partial charge < -0.3 is 34.6 Å². The van der Waals surface area contributed by atoms with E-state index < -0.39 is 49.5 Å². The monoisotopic (exact) mass is 417 g/mol. The number of rotatable bonds is 6. The second-order valence-corrected chi connectivity index (χ2v) is 7.90. The Kier molecular flexibility index (Phi) is 6.44. The first kappa shape index (κ1) is 21.2. The van der Waals surface area contributed by atoms with Crippen LogP contribution in [0, 0.1) is 0 Å². The summed E-state index contributed by atoms with van der Waals surface area (Å²) >= 11 is 5.79. The molecule has 0 amide bonds. The Hall–Kier alpha value is -1.07. The topological polar surface area (TPSA) is 127 Å². The third-order valence-corrected chi connectivity index (χ3v) is 6.00. The summed E-state index contributed by atoms with van der Waals surface area (Å²) in [4.78, 5) is 4.55. The Morgan fingerprint density at radius 3 is 2.69 bits per heavy atom. The molecule has 9 nitrogen and oxygen atoms in total. The van der Waals surface area contributed by atoms with Gasteiger partial charge in [-0.1, -0.05) is 0 Å². The lowest BCUT2D eigenvalue weighted by Crippen LogP contribution is -2.46. The summed E-state index contributed by atoms with van der Waals surface area (Å²) in [6.45, 7) is 0. The molecular weight excluding hydrogens is 399 g/mol. The average molecular weight is 418 g/mol. The average Bonchev–Trinajstić information content (AvgIpc) is 2.86. The third-order valence-electron chi connectivity index (χ3n) is 3.97. The molecule has 0 saturated carbocycles. The molecule has 4 N–H and O–H groups in total. The van der Waals surface area contributed by atoms with E-state index in [4.69, 9.17) is 22.1 Å². The Bertz CT molecular complexity index is 672. The molecule has 1 saturated heterocycles. The summed E-state index contributed by atoms with van der Waals surface area (Å²) in [5, 5.41) is 20.2. The van der Waals surface area contributed by atoms with Crippen molar-refractivity contribution in [2.75, 3.05) is 20.1 Å².